The molecule has 0 N–H and O–H groups in total. The Hall–Kier alpha value is -1.13. The van der Waals surface area contributed by atoms with E-state index in [4.69, 9.17) is 16.3 Å². The average Bonchev–Trinajstić information content (AvgIpc) is 2.38. The molecule has 0 unspecified atom stereocenters. The Bertz CT molecular complexity index is 590. The summed E-state index contributed by atoms with van der Waals surface area (Å²) in [6, 6.07) is 5.80. The lowest BCUT2D eigenvalue weighted by Gasteiger charge is -2.11. The minimum absolute atomic E-state index is 0.459. The number of rotatable bonds is 4. The van der Waals surface area contributed by atoms with Gasteiger partial charge in [0.1, 0.15) is 17.2 Å². The van der Waals surface area contributed by atoms with Crippen LogP contribution in [0.1, 0.15) is 24.5 Å². The second kappa shape index (κ2) is 6.35. The number of hydrogen-bond acceptors (Lipinski definition) is 3. The summed E-state index contributed by atoms with van der Waals surface area (Å²) in [4.78, 5) is 8.17. The molecule has 2 rings (SSSR count). The highest BCUT2D eigenvalue weighted by molar-refractivity contribution is 9.10. The molecule has 0 aliphatic carbocycles. The van der Waals surface area contributed by atoms with Crippen molar-refractivity contribution in [3.8, 4) is 11.6 Å². The molecule has 0 bridgehead atoms. The van der Waals surface area contributed by atoms with Crippen LogP contribution in [0.15, 0.2) is 29.0 Å². The Kier molecular flexibility index (Phi) is 4.77. The number of hydrogen-bond donors (Lipinski definition) is 0. The summed E-state index contributed by atoms with van der Waals surface area (Å²) >= 11 is 9.56. The van der Waals surface area contributed by atoms with Crippen molar-refractivity contribution in [1.29, 1.82) is 0 Å². The fourth-order valence-electron chi connectivity index (χ4n) is 1.72. The van der Waals surface area contributed by atoms with Gasteiger partial charge in [-0.3, -0.25) is 0 Å². The normalized spacial score (nSPS) is 10.5. The van der Waals surface area contributed by atoms with Crippen LogP contribution in [-0.2, 0) is 6.42 Å². The maximum Gasteiger partial charge on any atom is 0.227 e. The van der Waals surface area contributed by atoms with Crippen LogP contribution in [0.25, 0.3) is 0 Å². The maximum absolute atomic E-state index is 6.09. The molecule has 1 aromatic heterocycles. The minimum Gasteiger partial charge on any atom is -0.439 e. The van der Waals surface area contributed by atoms with Crippen LogP contribution in [0.5, 0.6) is 11.6 Å². The SMILES string of the molecule is CCCc1c(Cl)ncnc1Oc1ccc(Br)c(C)c1. The van der Waals surface area contributed by atoms with Gasteiger partial charge >= 0.3 is 0 Å². The quantitative estimate of drug-likeness (QED) is 0.738. The fourth-order valence-corrected chi connectivity index (χ4v) is 2.18. The third-order valence-corrected chi connectivity index (χ3v) is 3.91. The van der Waals surface area contributed by atoms with Crippen molar-refractivity contribution >= 4 is 27.5 Å². The first kappa shape index (κ1) is 14.3. The molecule has 0 aliphatic rings. The summed E-state index contributed by atoms with van der Waals surface area (Å²) in [6.07, 6.45) is 3.18. The standard InChI is InChI=1S/C14H14BrClN2O/c1-3-4-11-13(16)17-8-18-14(11)19-10-5-6-12(15)9(2)7-10/h5-8H,3-4H2,1-2H3. The second-order valence-electron chi connectivity index (χ2n) is 4.21. The largest absolute Gasteiger partial charge is 0.439 e. The molecule has 0 spiro atoms. The van der Waals surface area contributed by atoms with Crippen molar-refractivity contribution in [3.05, 3.63) is 45.3 Å². The van der Waals surface area contributed by atoms with E-state index in [1.807, 2.05) is 25.1 Å². The first-order valence-electron chi connectivity index (χ1n) is 6.05. The molecule has 2 aromatic rings. The Morgan fingerprint density at radius 3 is 2.79 bits per heavy atom. The van der Waals surface area contributed by atoms with Crippen LogP contribution in [0.2, 0.25) is 5.15 Å². The summed E-state index contributed by atoms with van der Waals surface area (Å²) in [5.41, 5.74) is 1.96. The molecule has 0 radical (unpaired) electrons. The van der Waals surface area contributed by atoms with Gasteiger partial charge in [-0.1, -0.05) is 40.9 Å². The van der Waals surface area contributed by atoms with Crippen LogP contribution in [0.4, 0.5) is 0 Å². The number of halogens is 2. The Labute approximate surface area is 126 Å². The Balaban J connectivity index is 2.32. The predicted octanol–water partition coefficient (Wildman–Crippen LogP) is 4.95. The lowest BCUT2D eigenvalue weighted by atomic mass is 10.2. The fraction of sp³-hybridized carbons (Fsp3) is 0.286. The number of aromatic nitrogens is 2. The summed E-state index contributed by atoms with van der Waals surface area (Å²) < 4.78 is 6.87. The second-order valence-corrected chi connectivity index (χ2v) is 5.42. The van der Waals surface area contributed by atoms with Crippen molar-refractivity contribution in [2.24, 2.45) is 0 Å². The zero-order chi connectivity index (χ0) is 13.8. The molecule has 1 aromatic carbocycles. The number of benzene rings is 1. The zero-order valence-corrected chi connectivity index (χ0v) is 13.1. The molecular formula is C14H14BrClN2O. The van der Waals surface area contributed by atoms with Gasteiger partial charge in [-0.15, -0.1) is 0 Å². The lowest BCUT2D eigenvalue weighted by molar-refractivity contribution is 0.453. The van der Waals surface area contributed by atoms with E-state index >= 15 is 0 Å². The van der Waals surface area contributed by atoms with Crippen molar-refractivity contribution in [2.45, 2.75) is 26.7 Å². The third kappa shape index (κ3) is 3.45. The van der Waals surface area contributed by atoms with E-state index in [0.29, 0.717) is 11.0 Å². The molecule has 0 aliphatic heterocycles. The molecule has 100 valence electrons. The van der Waals surface area contributed by atoms with E-state index in [-0.39, 0.29) is 0 Å². The topological polar surface area (TPSA) is 35.0 Å². The Morgan fingerprint density at radius 2 is 2.11 bits per heavy atom. The minimum atomic E-state index is 0.459. The summed E-state index contributed by atoms with van der Waals surface area (Å²) in [5.74, 6) is 1.27. The summed E-state index contributed by atoms with van der Waals surface area (Å²) in [5, 5.41) is 0.459. The number of aryl methyl sites for hydroxylation is 1. The molecule has 0 saturated heterocycles. The van der Waals surface area contributed by atoms with Crippen LogP contribution in [-0.4, -0.2) is 9.97 Å². The average molecular weight is 342 g/mol. The van der Waals surface area contributed by atoms with Crippen LogP contribution in [0.3, 0.4) is 0 Å². The van der Waals surface area contributed by atoms with Crippen LogP contribution >= 0.6 is 27.5 Å². The van der Waals surface area contributed by atoms with Gasteiger partial charge in [0.05, 0.1) is 5.56 Å². The molecule has 0 saturated carbocycles. The van der Waals surface area contributed by atoms with Gasteiger partial charge in [0.25, 0.3) is 0 Å². The molecule has 0 amide bonds. The van der Waals surface area contributed by atoms with Gasteiger partial charge in [-0.2, -0.15) is 0 Å². The summed E-state index contributed by atoms with van der Waals surface area (Å²) in [6.45, 7) is 4.09. The highest BCUT2D eigenvalue weighted by Gasteiger charge is 2.11. The molecule has 19 heavy (non-hydrogen) atoms. The lowest BCUT2D eigenvalue weighted by Crippen LogP contribution is -1.98. The van der Waals surface area contributed by atoms with Crippen molar-refractivity contribution in [1.82, 2.24) is 9.97 Å². The molecule has 0 atom stereocenters. The highest BCUT2D eigenvalue weighted by Crippen LogP contribution is 2.29. The molecule has 0 fully saturated rings. The van der Waals surface area contributed by atoms with Crippen LogP contribution < -0.4 is 4.74 Å². The maximum atomic E-state index is 6.09. The molecule has 1 heterocycles. The van der Waals surface area contributed by atoms with Gasteiger partial charge in [-0.05, 0) is 37.1 Å². The van der Waals surface area contributed by atoms with E-state index in [1.165, 1.54) is 6.33 Å². The van der Waals surface area contributed by atoms with E-state index in [0.717, 1.165) is 34.2 Å². The van der Waals surface area contributed by atoms with Gasteiger partial charge in [-0.25, -0.2) is 9.97 Å². The van der Waals surface area contributed by atoms with Crippen LogP contribution in [0, 0.1) is 6.92 Å². The van der Waals surface area contributed by atoms with Gasteiger partial charge in [0.15, 0.2) is 0 Å². The zero-order valence-electron chi connectivity index (χ0n) is 10.8. The van der Waals surface area contributed by atoms with Gasteiger partial charge in [0, 0.05) is 4.47 Å². The van der Waals surface area contributed by atoms with Crippen molar-refractivity contribution < 1.29 is 4.74 Å². The molecule has 3 nitrogen and oxygen atoms in total. The monoisotopic (exact) mass is 340 g/mol. The third-order valence-electron chi connectivity index (χ3n) is 2.70. The summed E-state index contributed by atoms with van der Waals surface area (Å²) in [7, 11) is 0. The van der Waals surface area contributed by atoms with Crippen molar-refractivity contribution in [2.75, 3.05) is 0 Å². The van der Waals surface area contributed by atoms with Gasteiger partial charge < -0.3 is 4.74 Å². The van der Waals surface area contributed by atoms with Gasteiger partial charge in [0.2, 0.25) is 5.88 Å². The van der Waals surface area contributed by atoms with E-state index in [2.05, 4.69) is 32.8 Å². The predicted molar refractivity (Wildman–Crippen MR) is 80.0 cm³/mol. The van der Waals surface area contributed by atoms with E-state index in [1.54, 1.807) is 0 Å². The smallest absolute Gasteiger partial charge is 0.227 e. The highest BCUT2D eigenvalue weighted by atomic mass is 79.9. The first-order valence-corrected chi connectivity index (χ1v) is 7.22. The molecule has 5 heteroatoms. The number of ether oxygens (including phenoxy) is 1. The number of nitrogens with zero attached hydrogens (tertiary/aromatic N) is 2. The van der Waals surface area contributed by atoms with E-state index < -0.39 is 0 Å². The Morgan fingerprint density at radius 1 is 1.32 bits per heavy atom. The van der Waals surface area contributed by atoms with Crippen molar-refractivity contribution in [3.63, 3.8) is 0 Å². The van der Waals surface area contributed by atoms with E-state index in [9.17, 15) is 0 Å². The first-order chi connectivity index (χ1) is 9.11. The molecular weight excluding hydrogens is 328 g/mol.